The number of aliphatic hydroxyl groups is 1. The lowest BCUT2D eigenvalue weighted by atomic mass is 10.0. The van der Waals surface area contributed by atoms with Gasteiger partial charge in [-0.05, 0) is 29.3 Å². The van der Waals surface area contributed by atoms with E-state index in [0.29, 0.717) is 5.69 Å². The molecule has 2 aromatic carbocycles. The number of rotatable bonds is 3. The molecule has 0 amide bonds. The van der Waals surface area contributed by atoms with Crippen LogP contribution in [0.25, 0.3) is 23.1 Å². The molecule has 0 radical (unpaired) electrons. The number of nitro groups is 1. The van der Waals surface area contributed by atoms with Gasteiger partial charge in [0.15, 0.2) is 6.20 Å². The molecular formula is C21H15ClN2O3. The zero-order chi connectivity index (χ0) is 18.1. The number of nitrogens with zero attached hydrogens (tertiary/aromatic N) is 2. The van der Waals surface area contributed by atoms with Gasteiger partial charge in [-0.1, -0.05) is 30.3 Å². The maximum Gasteiger partial charge on any atom is 0.269 e. The van der Waals surface area contributed by atoms with E-state index in [4.69, 9.17) is 0 Å². The zero-order valence-electron chi connectivity index (χ0n) is 14.1. The minimum absolute atomic E-state index is 0. The first-order valence-electron chi connectivity index (χ1n) is 8.12. The average molecular weight is 379 g/mol. The molecule has 1 aliphatic heterocycles. The number of aromatic nitrogens is 1. The van der Waals surface area contributed by atoms with Gasteiger partial charge in [0, 0.05) is 30.3 Å². The number of hydrogen-bond donors (Lipinski definition) is 1. The Hall–Kier alpha value is -3.44. The van der Waals surface area contributed by atoms with E-state index >= 15 is 0 Å². The second kappa shape index (κ2) is 7.43. The monoisotopic (exact) mass is 378 g/mol. The maximum atomic E-state index is 10.8. The number of nitro benzene ring substituents is 1. The molecule has 0 atom stereocenters. The quantitative estimate of drug-likeness (QED) is 0.424. The Bertz CT molecular complexity index is 1060. The third-order valence-electron chi connectivity index (χ3n) is 4.32. The fraction of sp³-hybridized carbons (Fsp3) is 0. The van der Waals surface area contributed by atoms with Gasteiger partial charge in [0.05, 0.1) is 4.92 Å². The van der Waals surface area contributed by atoms with E-state index < -0.39 is 4.92 Å². The average Bonchev–Trinajstić information content (AvgIpc) is 2.95. The molecule has 1 aliphatic rings. The molecule has 0 fully saturated rings. The maximum absolute atomic E-state index is 10.8. The molecule has 4 rings (SSSR count). The minimum atomic E-state index is -0.419. The standard InChI is InChI=1S/C21H14N2O3.ClH/c24-21-18-8-4-5-13-22(18)19(20(21)16-6-2-1-3-7-16)14-15-9-11-17(12-10-15)23(25)26;/h1-14H;1H/b19-14-;. The van der Waals surface area contributed by atoms with Crippen molar-refractivity contribution in [3.8, 4) is 0 Å². The van der Waals surface area contributed by atoms with Gasteiger partial charge in [0.2, 0.25) is 11.5 Å². The van der Waals surface area contributed by atoms with E-state index in [1.807, 2.05) is 65.4 Å². The van der Waals surface area contributed by atoms with Gasteiger partial charge < -0.3 is 17.5 Å². The van der Waals surface area contributed by atoms with Crippen molar-refractivity contribution in [2.24, 2.45) is 0 Å². The van der Waals surface area contributed by atoms with Gasteiger partial charge in [-0.3, -0.25) is 10.1 Å². The van der Waals surface area contributed by atoms with Crippen molar-refractivity contribution >= 4 is 28.8 Å². The molecule has 5 nitrogen and oxygen atoms in total. The van der Waals surface area contributed by atoms with Crippen molar-refractivity contribution in [1.29, 1.82) is 0 Å². The number of hydrogen-bond acceptors (Lipinski definition) is 3. The first kappa shape index (κ1) is 18.4. The summed E-state index contributed by atoms with van der Waals surface area (Å²) in [5.74, 6) is 0.213. The van der Waals surface area contributed by atoms with E-state index in [1.165, 1.54) is 12.1 Å². The highest BCUT2D eigenvalue weighted by atomic mass is 35.5. The van der Waals surface area contributed by atoms with Crippen LogP contribution < -0.4 is 17.0 Å². The number of fused-ring (bicyclic) bond motifs is 1. The Balaban J connectivity index is 0.00000210. The van der Waals surface area contributed by atoms with Crippen LogP contribution in [0.5, 0.6) is 0 Å². The predicted octanol–water partition coefficient (Wildman–Crippen LogP) is 1.32. The lowest BCUT2D eigenvalue weighted by Gasteiger charge is -2.02. The fourth-order valence-corrected chi connectivity index (χ4v) is 3.10. The molecule has 0 unspecified atom stereocenters. The first-order chi connectivity index (χ1) is 12.6. The van der Waals surface area contributed by atoms with E-state index in [9.17, 15) is 15.2 Å². The SMILES string of the molecule is O=[N+]([O-])c1ccc(/C=C2/C(c3ccccc3)=C(O)c3cccc[n+]32)cc1.[Cl-]. The lowest BCUT2D eigenvalue weighted by molar-refractivity contribution is -0.576. The van der Waals surface area contributed by atoms with Gasteiger partial charge in [-0.15, -0.1) is 0 Å². The van der Waals surface area contributed by atoms with Gasteiger partial charge in [-0.25, -0.2) is 0 Å². The molecule has 1 aromatic heterocycles. The van der Waals surface area contributed by atoms with Crippen LogP contribution in [0.4, 0.5) is 5.69 Å². The predicted molar refractivity (Wildman–Crippen MR) is 99.8 cm³/mol. The van der Waals surface area contributed by atoms with Crippen LogP contribution in [-0.4, -0.2) is 10.0 Å². The van der Waals surface area contributed by atoms with Crippen LogP contribution in [0.1, 0.15) is 16.8 Å². The summed E-state index contributed by atoms with van der Waals surface area (Å²) in [6, 6.07) is 21.6. The van der Waals surface area contributed by atoms with Crippen molar-refractivity contribution < 1.29 is 27.0 Å². The molecule has 0 aliphatic carbocycles. The third kappa shape index (κ3) is 3.32. The molecule has 3 aromatic rings. The summed E-state index contributed by atoms with van der Waals surface area (Å²) >= 11 is 0. The molecule has 0 saturated carbocycles. The number of pyridine rings is 1. The van der Waals surface area contributed by atoms with E-state index in [1.54, 1.807) is 12.1 Å². The molecule has 0 saturated heterocycles. The van der Waals surface area contributed by atoms with E-state index in [2.05, 4.69) is 0 Å². The molecule has 134 valence electrons. The fourth-order valence-electron chi connectivity index (χ4n) is 3.10. The Morgan fingerprint density at radius 2 is 1.59 bits per heavy atom. The smallest absolute Gasteiger partial charge is 0.269 e. The molecule has 1 N–H and O–H groups in total. The highest BCUT2D eigenvalue weighted by Crippen LogP contribution is 2.36. The largest absolute Gasteiger partial charge is 1.00 e. The summed E-state index contributed by atoms with van der Waals surface area (Å²) in [6.45, 7) is 0. The normalized spacial score (nSPS) is 14.0. The Labute approximate surface area is 162 Å². The summed E-state index contributed by atoms with van der Waals surface area (Å²) in [4.78, 5) is 10.4. The summed E-state index contributed by atoms with van der Waals surface area (Å²) in [5, 5.41) is 21.6. The Kier molecular flexibility index (Phi) is 5.05. The first-order valence-corrected chi connectivity index (χ1v) is 8.12. The van der Waals surface area contributed by atoms with Gasteiger partial charge >= 0.3 is 0 Å². The molecule has 27 heavy (non-hydrogen) atoms. The molecule has 2 heterocycles. The van der Waals surface area contributed by atoms with Crippen LogP contribution in [-0.2, 0) is 0 Å². The van der Waals surface area contributed by atoms with Crippen LogP contribution >= 0.6 is 0 Å². The summed E-state index contributed by atoms with van der Waals surface area (Å²) in [7, 11) is 0. The topological polar surface area (TPSA) is 67.2 Å². The molecule has 0 bridgehead atoms. The summed E-state index contributed by atoms with van der Waals surface area (Å²) in [5.41, 5.74) is 4.03. The third-order valence-corrected chi connectivity index (χ3v) is 4.32. The highest BCUT2D eigenvalue weighted by Gasteiger charge is 2.35. The highest BCUT2D eigenvalue weighted by molar-refractivity contribution is 6.11. The van der Waals surface area contributed by atoms with Crippen LogP contribution in [0, 0.1) is 10.1 Å². The second-order valence-corrected chi connectivity index (χ2v) is 5.92. The number of allylic oxidation sites excluding steroid dienone is 2. The summed E-state index contributed by atoms with van der Waals surface area (Å²) in [6.07, 6.45) is 3.80. The Morgan fingerprint density at radius 3 is 2.26 bits per heavy atom. The number of benzene rings is 2. The van der Waals surface area contributed by atoms with Crippen molar-refractivity contribution in [3.05, 3.63) is 106 Å². The van der Waals surface area contributed by atoms with E-state index in [-0.39, 0.29) is 23.9 Å². The zero-order valence-corrected chi connectivity index (χ0v) is 14.9. The number of aliphatic hydroxyl groups excluding tert-OH is 1. The second-order valence-electron chi connectivity index (χ2n) is 5.92. The molecule has 6 heteroatoms. The van der Waals surface area contributed by atoms with Crippen molar-refractivity contribution in [2.45, 2.75) is 0 Å². The van der Waals surface area contributed by atoms with Gasteiger partial charge in [0.1, 0.15) is 5.57 Å². The van der Waals surface area contributed by atoms with Crippen molar-refractivity contribution in [3.63, 3.8) is 0 Å². The van der Waals surface area contributed by atoms with Gasteiger partial charge in [-0.2, -0.15) is 4.57 Å². The van der Waals surface area contributed by atoms with E-state index in [0.717, 1.165) is 22.4 Å². The van der Waals surface area contributed by atoms with Crippen LogP contribution in [0.15, 0.2) is 79.0 Å². The van der Waals surface area contributed by atoms with Crippen molar-refractivity contribution in [2.75, 3.05) is 0 Å². The number of halogens is 1. The minimum Gasteiger partial charge on any atom is -1.00 e. The van der Waals surface area contributed by atoms with Crippen LogP contribution in [0.3, 0.4) is 0 Å². The summed E-state index contributed by atoms with van der Waals surface area (Å²) < 4.78 is 1.92. The lowest BCUT2D eigenvalue weighted by Crippen LogP contribution is -3.00. The molecule has 0 spiro atoms. The molecular weight excluding hydrogens is 364 g/mol. The van der Waals surface area contributed by atoms with Crippen LogP contribution in [0.2, 0.25) is 0 Å². The van der Waals surface area contributed by atoms with Gasteiger partial charge in [0.25, 0.3) is 11.4 Å². The Morgan fingerprint density at radius 1 is 0.926 bits per heavy atom. The van der Waals surface area contributed by atoms with Crippen molar-refractivity contribution in [1.82, 2.24) is 0 Å². The number of non-ortho nitro benzene ring substituents is 1.